The largest absolute Gasteiger partial charge is 0.488 e. The SMILES string of the molecule is C[Si](C)(C)CCOCN1C(=O)CCC(N2Cc3cc(OC4CCCCC4O)ccc3C2=O)C1=O. The average molecular weight is 489 g/mol. The Morgan fingerprint density at radius 1 is 1.09 bits per heavy atom. The van der Waals surface area contributed by atoms with Gasteiger partial charge in [0.15, 0.2) is 0 Å². The molecule has 3 amide bonds. The van der Waals surface area contributed by atoms with Gasteiger partial charge in [0.25, 0.3) is 11.8 Å². The molecule has 0 bridgehead atoms. The summed E-state index contributed by atoms with van der Waals surface area (Å²) in [5.41, 5.74) is 1.36. The Kier molecular flexibility index (Phi) is 7.44. The Morgan fingerprint density at radius 3 is 2.59 bits per heavy atom. The Labute approximate surface area is 202 Å². The van der Waals surface area contributed by atoms with Crippen molar-refractivity contribution in [2.75, 3.05) is 13.3 Å². The molecule has 0 radical (unpaired) electrons. The van der Waals surface area contributed by atoms with Gasteiger partial charge in [-0.15, -0.1) is 0 Å². The summed E-state index contributed by atoms with van der Waals surface area (Å²) in [6.45, 7) is 7.49. The number of imide groups is 1. The van der Waals surface area contributed by atoms with Crippen LogP contribution in [0.3, 0.4) is 0 Å². The molecule has 1 aromatic carbocycles. The number of nitrogens with zero attached hydrogens (tertiary/aromatic N) is 2. The van der Waals surface area contributed by atoms with Crippen molar-refractivity contribution in [1.82, 2.24) is 9.80 Å². The average Bonchev–Trinajstić information content (AvgIpc) is 3.09. The number of amides is 3. The second-order valence-electron chi connectivity index (χ2n) is 10.8. The van der Waals surface area contributed by atoms with Gasteiger partial charge >= 0.3 is 0 Å². The van der Waals surface area contributed by atoms with E-state index in [2.05, 4.69) is 19.6 Å². The monoisotopic (exact) mass is 488 g/mol. The third-order valence-corrected chi connectivity index (χ3v) is 8.64. The van der Waals surface area contributed by atoms with Gasteiger partial charge in [-0.25, -0.2) is 0 Å². The van der Waals surface area contributed by atoms with Crippen LogP contribution in [-0.2, 0) is 20.9 Å². The molecule has 1 saturated heterocycles. The minimum absolute atomic E-state index is 0.0602. The Hall–Kier alpha value is -2.23. The van der Waals surface area contributed by atoms with Crippen LogP contribution in [0.5, 0.6) is 5.75 Å². The van der Waals surface area contributed by atoms with Crippen molar-refractivity contribution < 1.29 is 29.0 Å². The normalized spacial score (nSPS) is 25.6. The van der Waals surface area contributed by atoms with Crippen LogP contribution in [0.2, 0.25) is 25.7 Å². The molecule has 4 rings (SSSR count). The molecule has 9 heteroatoms. The maximum absolute atomic E-state index is 13.2. The van der Waals surface area contributed by atoms with Crippen molar-refractivity contribution in [2.45, 2.75) is 89.0 Å². The number of fused-ring (bicyclic) bond motifs is 1. The molecule has 34 heavy (non-hydrogen) atoms. The van der Waals surface area contributed by atoms with E-state index in [1.165, 1.54) is 0 Å². The Morgan fingerprint density at radius 2 is 1.85 bits per heavy atom. The molecule has 186 valence electrons. The van der Waals surface area contributed by atoms with Gasteiger partial charge in [0, 0.05) is 33.2 Å². The van der Waals surface area contributed by atoms with E-state index in [-0.39, 0.29) is 37.0 Å². The topological polar surface area (TPSA) is 96.4 Å². The molecule has 1 saturated carbocycles. The van der Waals surface area contributed by atoms with Gasteiger partial charge in [0.2, 0.25) is 5.91 Å². The van der Waals surface area contributed by atoms with Crippen molar-refractivity contribution in [3.05, 3.63) is 29.3 Å². The maximum Gasteiger partial charge on any atom is 0.255 e. The van der Waals surface area contributed by atoms with E-state index in [0.29, 0.717) is 30.9 Å². The minimum Gasteiger partial charge on any atom is -0.488 e. The second-order valence-corrected chi connectivity index (χ2v) is 16.4. The van der Waals surface area contributed by atoms with Crippen LogP contribution in [0.25, 0.3) is 0 Å². The van der Waals surface area contributed by atoms with Crippen LogP contribution in [0.15, 0.2) is 18.2 Å². The van der Waals surface area contributed by atoms with Gasteiger partial charge in [-0.2, -0.15) is 0 Å². The summed E-state index contributed by atoms with van der Waals surface area (Å²) >= 11 is 0. The van der Waals surface area contributed by atoms with Gasteiger partial charge in [-0.05, 0) is 55.5 Å². The Balaban J connectivity index is 1.40. The number of carbonyl (C=O) groups is 3. The molecule has 3 unspecified atom stereocenters. The zero-order chi connectivity index (χ0) is 24.5. The molecule has 2 heterocycles. The maximum atomic E-state index is 13.2. The fraction of sp³-hybridized carbons (Fsp3) is 0.640. The number of hydrogen-bond donors (Lipinski definition) is 1. The van der Waals surface area contributed by atoms with E-state index in [4.69, 9.17) is 9.47 Å². The van der Waals surface area contributed by atoms with Crippen LogP contribution < -0.4 is 4.74 Å². The van der Waals surface area contributed by atoms with Crippen molar-refractivity contribution >= 4 is 25.8 Å². The van der Waals surface area contributed by atoms with Crippen LogP contribution in [0.4, 0.5) is 0 Å². The zero-order valence-electron chi connectivity index (χ0n) is 20.4. The first-order valence-corrected chi connectivity index (χ1v) is 16.1. The molecule has 1 N–H and O–H groups in total. The van der Waals surface area contributed by atoms with Gasteiger partial charge < -0.3 is 19.5 Å². The highest BCUT2D eigenvalue weighted by atomic mass is 28.3. The fourth-order valence-electron chi connectivity index (χ4n) is 4.81. The molecule has 1 aromatic rings. The smallest absolute Gasteiger partial charge is 0.255 e. The number of likely N-dealkylation sites (tertiary alicyclic amines) is 1. The summed E-state index contributed by atoms with van der Waals surface area (Å²) in [6.07, 6.45) is 3.40. The predicted octanol–water partition coefficient (Wildman–Crippen LogP) is 3.15. The molecule has 3 atom stereocenters. The number of rotatable bonds is 8. The third kappa shape index (κ3) is 5.53. The molecule has 2 aliphatic heterocycles. The van der Waals surface area contributed by atoms with E-state index >= 15 is 0 Å². The summed E-state index contributed by atoms with van der Waals surface area (Å²) in [7, 11) is -1.27. The number of hydrogen-bond acceptors (Lipinski definition) is 6. The first kappa shape index (κ1) is 24.9. The molecule has 8 nitrogen and oxygen atoms in total. The standard InChI is InChI=1S/C25H36N2O6Si/c1-34(2,3)13-12-32-16-27-23(29)11-10-20(25(27)31)26-15-17-14-18(8-9-19(17)24(26)30)33-22-7-5-4-6-21(22)28/h8-9,14,20-22,28H,4-7,10-13,15-16H2,1-3H3. The number of benzene rings is 1. The number of aliphatic hydroxyl groups is 1. The van der Waals surface area contributed by atoms with Crippen LogP contribution in [0, 0.1) is 0 Å². The van der Waals surface area contributed by atoms with Gasteiger partial charge in [-0.1, -0.05) is 26.1 Å². The van der Waals surface area contributed by atoms with Gasteiger partial charge in [0.05, 0.1) is 6.10 Å². The highest BCUT2D eigenvalue weighted by Gasteiger charge is 2.43. The number of carbonyl (C=O) groups excluding carboxylic acids is 3. The van der Waals surface area contributed by atoms with Crippen LogP contribution in [0.1, 0.15) is 54.4 Å². The lowest BCUT2D eigenvalue weighted by atomic mass is 9.95. The summed E-state index contributed by atoms with van der Waals surface area (Å²) in [5, 5.41) is 10.2. The minimum atomic E-state index is -1.27. The van der Waals surface area contributed by atoms with E-state index in [1.807, 2.05) is 6.07 Å². The molecule has 2 fully saturated rings. The van der Waals surface area contributed by atoms with Crippen molar-refractivity contribution in [3.8, 4) is 5.75 Å². The summed E-state index contributed by atoms with van der Waals surface area (Å²) < 4.78 is 11.7. The number of ether oxygens (including phenoxy) is 2. The van der Waals surface area contributed by atoms with E-state index in [1.54, 1.807) is 17.0 Å². The molecule has 1 aliphatic carbocycles. The Bertz CT molecular complexity index is 946. The highest BCUT2D eigenvalue weighted by Crippen LogP contribution is 2.32. The van der Waals surface area contributed by atoms with Crippen LogP contribution in [-0.4, -0.2) is 72.3 Å². The quantitative estimate of drug-likeness (QED) is 0.343. The lowest BCUT2D eigenvalue weighted by Crippen LogP contribution is -2.55. The molecule has 0 spiro atoms. The lowest BCUT2D eigenvalue weighted by molar-refractivity contribution is -0.158. The fourth-order valence-corrected chi connectivity index (χ4v) is 5.57. The second kappa shape index (κ2) is 10.2. The lowest BCUT2D eigenvalue weighted by Gasteiger charge is -2.35. The van der Waals surface area contributed by atoms with Gasteiger partial charge in [-0.3, -0.25) is 19.3 Å². The summed E-state index contributed by atoms with van der Waals surface area (Å²) in [5.74, 6) is -0.194. The number of aliphatic hydroxyl groups excluding tert-OH is 1. The predicted molar refractivity (Wildman–Crippen MR) is 129 cm³/mol. The van der Waals surface area contributed by atoms with Crippen LogP contribution >= 0.6 is 0 Å². The number of piperidine rings is 1. The van der Waals surface area contributed by atoms with E-state index in [9.17, 15) is 19.5 Å². The van der Waals surface area contributed by atoms with E-state index < -0.39 is 20.2 Å². The third-order valence-electron chi connectivity index (χ3n) is 6.94. The van der Waals surface area contributed by atoms with Gasteiger partial charge in [0.1, 0.15) is 24.6 Å². The molecule has 0 aromatic heterocycles. The summed E-state index contributed by atoms with van der Waals surface area (Å²) in [4.78, 5) is 41.4. The first-order chi connectivity index (χ1) is 16.1. The van der Waals surface area contributed by atoms with Crippen molar-refractivity contribution in [2.24, 2.45) is 0 Å². The summed E-state index contributed by atoms with van der Waals surface area (Å²) in [6, 6.07) is 5.60. The molecular formula is C25H36N2O6Si. The van der Waals surface area contributed by atoms with Crippen molar-refractivity contribution in [3.63, 3.8) is 0 Å². The molecule has 3 aliphatic rings. The zero-order valence-corrected chi connectivity index (χ0v) is 21.4. The first-order valence-electron chi connectivity index (χ1n) is 12.3. The molecular weight excluding hydrogens is 452 g/mol. The highest BCUT2D eigenvalue weighted by molar-refractivity contribution is 6.76. The van der Waals surface area contributed by atoms with Crippen molar-refractivity contribution in [1.29, 1.82) is 0 Å². The van der Waals surface area contributed by atoms with E-state index in [0.717, 1.165) is 42.2 Å².